The van der Waals surface area contributed by atoms with Gasteiger partial charge in [-0.2, -0.15) is 18.2 Å². The normalized spacial score (nSPS) is 13.5. The molecule has 2 heterocycles. The molecule has 0 N–H and O–H groups in total. The van der Waals surface area contributed by atoms with E-state index in [1.54, 1.807) is 17.0 Å². The smallest absolute Gasteiger partial charge is 0.330 e. The predicted molar refractivity (Wildman–Crippen MR) is 110 cm³/mol. The summed E-state index contributed by atoms with van der Waals surface area (Å²) in [4.78, 5) is 18.2. The van der Waals surface area contributed by atoms with Crippen molar-refractivity contribution in [1.29, 1.82) is 0 Å². The van der Waals surface area contributed by atoms with Crippen molar-refractivity contribution in [2.24, 2.45) is 0 Å². The van der Waals surface area contributed by atoms with Gasteiger partial charge in [-0.25, -0.2) is 0 Å². The second-order valence-corrected chi connectivity index (χ2v) is 7.48. The lowest BCUT2D eigenvalue weighted by Crippen LogP contribution is -2.23. The van der Waals surface area contributed by atoms with Crippen molar-refractivity contribution < 1.29 is 22.5 Å². The second kappa shape index (κ2) is 7.64. The Morgan fingerprint density at radius 3 is 2.41 bits per heavy atom. The van der Waals surface area contributed by atoms with Crippen LogP contribution in [-0.2, 0) is 19.3 Å². The minimum atomic E-state index is -4.72. The summed E-state index contributed by atoms with van der Waals surface area (Å²) in [5.74, 6) is -1.82. The fourth-order valence-corrected chi connectivity index (χ4v) is 3.85. The van der Waals surface area contributed by atoms with Crippen molar-refractivity contribution >= 4 is 5.91 Å². The summed E-state index contributed by atoms with van der Waals surface area (Å²) in [6.07, 6.45) is -4.72. The van der Waals surface area contributed by atoms with Crippen LogP contribution in [0.4, 0.5) is 13.2 Å². The lowest BCUT2D eigenvalue weighted by molar-refractivity contribution is -0.159. The van der Waals surface area contributed by atoms with Crippen molar-refractivity contribution in [2.75, 3.05) is 0 Å². The van der Waals surface area contributed by atoms with Gasteiger partial charge in [0.1, 0.15) is 0 Å². The molecule has 5 rings (SSSR count). The molecular formula is C24H16F3N3O2. The summed E-state index contributed by atoms with van der Waals surface area (Å²) in [5.41, 5.74) is 4.64. The zero-order chi connectivity index (χ0) is 22.3. The molecule has 4 aromatic rings. The average molecular weight is 435 g/mol. The molecule has 1 aromatic heterocycles. The highest BCUT2D eigenvalue weighted by Crippen LogP contribution is 2.33. The SMILES string of the molecule is O=C1c2cc(-c3noc(C(F)(F)F)n3)ccc2CN1Cc1ccccc1-c1ccccc1. The lowest BCUT2D eigenvalue weighted by atomic mass is 9.99. The quantitative estimate of drug-likeness (QED) is 0.420. The van der Waals surface area contributed by atoms with Gasteiger partial charge < -0.3 is 9.42 Å². The van der Waals surface area contributed by atoms with E-state index >= 15 is 0 Å². The van der Waals surface area contributed by atoms with Crippen molar-refractivity contribution in [1.82, 2.24) is 15.0 Å². The highest BCUT2D eigenvalue weighted by Gasteiger charge is 2.38. The summed E-state index contributed by atoms with van der Waals surface area (Å²) in [7, 11) is 0. The van der Waals surface area contributed by atoms with Crippen LogP contribution in [0, 0.1) is 0 Å². The van der Waals surface area contributed by atoms with E-state index in [1.807, 2.05) is 54.6 Å². The molecule has 0 atom stereocenters. The first kappa shape index (κ1) is 20.0. The Kier molecular flexibility index (Phi) is 4.77. The first-order valence-electron chi connectivity index (χ1n) is 9.87. The number of nitrogens with zero attached hydrogens (tertiary/aromatic N) is 3. The maximum absolute atomic E-state index is 13.1. The summed E-state index contributed by atoms with van der Waals surface area (Å²) in [5, 5.41) is 3.40. The molecule has 0 radical (unpaired) electrons. The van der Waals surface area contributed by atoms with Gasteiger partial charge in [-0.3, -0.25) is 4.79 Å². The molecule has 160 valence electrons. The lowest BCUT2D eigenvalue weighted by Gasteiger charge is -2.18. The molecule has 32 heavy (non-hydrogen) atoms. The first-order valence-corrected chi connectivity index (χ1v) is 9.87. The van der Waals surface area contributed by atoms with Gasteiger partial charge in [0.25, 0.3) is 5.91 Å². The van der Waals surface area contributed by atoms with E-state index in [9.17, 15) is 18.0 Å². The number of alkyl halides is 3. The Morgan fingerprint density at radius 1 is 0.906 bits per heavy atom. The minimum absolute atomic E-state index is 0.191. The Bertz CT molecular complexity index is 1300. The number of amides is 1. The molecule has 1 amide bonds. The van der Waals surface area contributed by atoms with Crippen LogP contribution >= 0.6 is 0 Å². The third-order valence-corrected chi connectivity index (χ3v) is 5.38. The zero-order valence-corrected chi connectivity index (χ0v) is 16.6. The van der Waals surface area contributed by atoms with E-state index in [0.29, 0.717) is 24.2 Å². The number of benzene rings is 3. The number of halogens is 3. The van der Waals surface area contributed by atoms with Crippen LogP contribution in [0.3, 0.4) is 0 Å². The van der Waals surface area contributed by atoms with E-state index in [1.165, 1.54) is 6.07 Å². The molecule has 1 aliphatic heterocycles. The Balaban J connectivity index is 1.41. The van der Waals surface area contributed by atoms with Crippen molar-refractivity contribution in [2.45, 2.75) is 19.3 Å². The first-order chi connectivity index (χ1) is 15.4. The Hall–Kier alpha value is -3.94. The zero-order valence-electron chi connectivity index (χ0n) is 16.6. The van der Waals surface area contributed by atoms with Gasteiger partial charge in [-0.15, -0.1) is 0 Å². The highest BCUT2D eigenvalue weighted by atomic mass is 19.4. The number of hydrogen-bond acceptors (Lipinski definition) is 4. The van der Waals surface area contributed by atoms with Crippen LogP contribution < -0.4 is 0 Å². The van der Waals surface area contributed by atoms with E-state index in [-0.39, 0.29) is 11.7 Å². The van der Waals surface area contributed by atoms with Crippen LogP contribution in [0.2, 0.25) is 0 Å². The van der Waals surface area contributed by atoms with Gasteiger partial charge in [0.15, 0.2) is 0 Å². The monoisotopic (exact) mass is 435 g/mol. The van der Waals surface area contributed by atoms with Crippen molar-refractivity contribution in [3.8, 4) is 22.5 Å². The summed E-state index contributed by atoms with van der Waals surface area (Å²) in [6, 6.07) is 22.6. The largest absolute Gasteiger partial charge is 0.471 e. The maximum Gasteiger partial charge on any atom is 0.471 e. The molecule has 8 heteroatoms. The summed E-state index contributed by atoms with van der Waals surface area (Å²) >= 11 is 0. The number of hydrogen-bond donors (Lipinski definition) is 0. The van der Waals surface area contributed by atoms with E-state index in [4.69, 9.17) is 0 Å². The number of fused-ring (bicyclic) bond motifs is 1. The predicted octanol–water partition coefficient (Wildman–Crippen LogP) is 5.58. The van der Waals surface area contributed by atoms with Gasteiger partial charge in [-0.05, 0) is 28.3 Å². The second-order valence-electron chi connectivity index (χ2n) is 7.48. The van der Waals surface area contributed by atoms with Crippen LogP contribution in [0.25, 0.3) is 22.5 Å². The van der Waals surface area contributed by atoms with Gasteiger partial charge in [0, 0.05) is 24.2 Å². The van der Waals surface area contributed by atoms with Crippen LogP contribution in [-0.4, -0.2) is 20.9 Å². The Morgan fingerprint density at radius 2 is 1.66 bits per heavy atom. The van der Waals surface area contributed by atoms with Crippen molar-refractivity contribution in [3.05, 3.63) is 95.4 Å². The topological polar surface area (TPSA) is 59.2 Å². The third kappa shape index (κ3) is 3.64. The summed E-state index contributed by atoms with van der Waals surface area (Å²) in [6.45, 7) is 0.825. The molecule has 0 saturated carbocycles. The van der Waals surface area contributed by atoms with Crippen LogP contribution in [0.15, 0.2) is 77.3 Å². The van der Waals surface area contributed by atoms with Gasteiger partial charge >= 0.3 is 12.1 Å². The van der Waals surface area contributed by atoms with E-state index in [0.717, 1.165) is 22.3 Å². The molecule has 0 aliphatic carbocycles. The highest BCUT2D eigenvalue weighted by molar-refractivity contribution is 5.99. The molecule has 0 bridgehead atoms. The fourth-order valence-electron chi connectivity index (χ4n) is 3.85. The maximum atomic E-state index is 13.1. The van der Waals surface area contributed by atoms with E-state index < -0.39 is 12.1 Å². The number of rotatable bonds is 4. The molecular weight excluding hydrogens is 419 g/mol. The third-order valence-electron chi connectivity index (χ3n) is 5.38. The number of carbonyl (C=O) groups is 1. The molecule has 1 aliphatic rings. The van der Waals surface area contributed by atoms with Gasteiger partial charge in [-0.1, -0.05) is 71.9 Å². The van der Waals surface area contributed by atoms with Crippen molar-refractivity contribution in [3.63, 3.8) is 0 Å². The van der Waals surface area contributed by atoms with Crippen LogP contribution in [0.5, 0.6) is 0 Å². The van der Waals surface area contributed by atoms with Gasteiger partial charge in [0.2, 0.25) is 5.82 Å². The molecule has 5 nitrogen and oxygen atoms in total. The van der Waals surface area contributed by atoms with E-state index in [2.05, 4.69) is 14.7 Å². The number of carbonyl (C=O) groups excluding carboxylic acids is 1. The fraction of sp³-hybridized carbons (Fsp3) is 0.125. The van der Waals surface area contributed by atoms with Gasteiger partial charge in [0.05, 0.1) is 0 Å². The molecule has 0 saturated heterocycles. The minimum Gasteiger partial charge on any atom is -0.330 e. The molecule has 3 aromatic carbocycles. The Labute approximate surface area is 181 Å². The molecule has 0 unspecified atom stereocenters. The summed E-state index contributed by atoms with van der Waals surface area (Å²) < 4.78 is 42.6. The average Bonchev–Trinajstić information content (AvgIpc) is 3.41. The molecule has 0 fully saturated rings. The van der Waals surface area contributed by atoms with Crippen LogP contribution in [0.1, 0.15) is 27.4 Å². The number of aromatic nitrogens is 2. The molecule has 0 spiro atoms. The standard InChI is InChI=1S/C24H16F3N3O2/c25-24(26,27)23-28-21(29-32-23)16-10-11-18-14-30(22(31)20(18)12-16)13-17-8-4-5-9-19(17)15-6-2-1-3-7-15/h1-12H,13-14H2.